The van der Waals surface area contributed by atoms with Gasteiger partial charge in [0.05, 0.1) is 0 Å². The molecule has 0 saturated carbocycles. The third-order valence-electron chi connectivity index (χ3n) is 4.53. The van der Waals surface area contributed by atoms with Crippen LogP contribution in [0.3, 0.4) is 0 Å². The summed E-state index contributed by atoms with van der Waals surface area (Å²) in [4.78, 5) is 39.6. The average molecular weight is 360 g/mol. The number of rotatable bonds is 3. The van der Waals surface area contributed by atoms with Crippen molar-refractivity contribution in [3.63, 3.8) is 0 Å². The molecule has 2 aromatic heterocycles. The molecule has 1 atom stereocenters. The SMILES string of the molecule is Cc1cc(NC(=O)CN2C(=O)NC3(CCCc4sccc43)C2=O)no1. The highest BCUT2D eigenvalue weighted by atomic mass is 32.1. The van der Waals surface area contributed by atoms with Gasteiger partial charge in [0.2, 0.25) is 5.91 Å². The molecule has 2 aliphatic rings. The lowest BCUT2D eigenvalue weighted by Crippen LogP contribution is -2.46. The molecule has 8 nitrogen and oxygen atoms in total. The van der Waals surface area contributed by atoms with Gasteiger partial charge < -0.3 is 15.2 Å². The van der Waals surface area contributed by atoms with Crippen LogP contribution < -0.4 is 10.6 Å². The molecule has 1 spiro atoms. The Labute approximate surface area is 147 Å². The minimum absolute atomic E-state index is 0.252. The van der Waals surface area contributed by atoms with Crippen molar-refractivity contribution in [2.45, 2.75) is 31.7 Å². The maximum absolute atomic E-state index is 13.0. The predicted octanol–water partition coefficient (Wildman–Crippen LogP) is 1.77. The highest BCUT2D eigenvalue weighted by Gasteiger charge is 2.54. The molecule has 1 aliphatic carbocycles. The molecule has 4 amide bonds. The molecule has 2 aromatic rings. The highest BCUT2D eigenvalue weighted by Crippen LogP contribution is 2.42. The fraction of sp³-hybridized carbons (Fsp3) is 0.375. The number of anilines is 1. The van der Waals surface area contributed by atoms with E-state index in [1.54, 1.807) is 24.3 Å². The summed E-state index contributed by atoms with van der Waals surface area (Å²) in [5, 5.41) is 10.9. The van der Waals surface area contributed by atoms with E-state index in [2.05, 4.69) is 15.8 Å². The second-order valence-electron chi connectivity index (χ2n) is 6.21. The van der Waals surface area contributed by atoms with Gasteiger partial charge in [0.15, 0.2) is 5.82 Å². The number of fused-ring (bicyclic) bond motifs is 2. The number of amides is 4. The molecule has 1 aliphatic heterocycles. The van der Waals surface area contributed by atoms with Gasteiger partial charge in [0.1, 0.15) is 17.8 Å². The molecule has 1 saturated heterocycles. The summed E-state index contributed by atoms with van der Waals surface area (Å²) in [7, 11) is 0. The van der Waals surface area contributed by atoms with E-state index in [0.717, 1.165) is 28.2 Å². The first-order valence-corrected chi connectivity index (χ1v) is 8.82. The number of hydrogen-bond donors (Lipinski definition) is 2. The Morgan fingerprint density at radius 2 is 2.36 bits per heavy atom. The van der Waals surface area contributed by atoms with Crippen LogP contribution >= 0.6 is 11.3 Å². The van der Waals surface area contributed by atoms with Crippen molar-refractivity contribution in [2.75, 3.05) is 11.9 Å². The fourth-order valence-corrected chi connectivity index (χ4v) is 4.44. The van der Waals surface area contributed by atoms with E-state index < -0.39 is 17.5 Å². The largest absolute Gasteiger partial charge is 0.360 e. The van der Waals surface area contributed by atoms with Crippen molar-refractivity contribution in [3.05, 3.63) is 33.7 Å². The zero-order valence-electron chi connectivity index (χ0n) is 13.5. The Bertz CT molecular complexity index is 873. The number of urea groups is 1. The van der Waals surface area contributed by atoms with Gasteiger partial charge in [-0.25, -0.2) is 4.79 Å². The zero-order chi connectivity index (χ0) is 17.6. The molecule has 3 heterocycles. The molecule has 130 valence electrons. The molecular formula is C16H16N4O4S. The third kappa shape index (κ3) is 2.51. The Hall–Kier alpha value is -2.68. The van der Waals surface area contributed by atoms with E-state index >= 15 is 0 Å². The standard InChI is InChI=1S/C16H16N4O4S/c1-9-7-12(19-24-9)17-13(21)8-20-14(22)16(18-15(20)23)5-2-3-11-10(16)4-6-25-11/h4,6-7H,2-3,5,8H2,1H3,(H,18,23)(H,17,19,21). The van der Waals surface area contributed by atoms with Crippen LogP contribution in [0.1, 0.15) is 29.0 Å². The zero-order valence-corrected chi connectivity index (χ0v) is 14.3. The maximum atomic E-state index is 13.0. The van der Waals surface area contributed by atoms with Gasteiger partial charge in [-0.05, 0) is 37.6 Å². The van der Waals surface area contributed by atoms with Gasteiger partial charge >= 0.3 is 6.03 Å². The minimum Gasteiger partial charge on any atom is -0.360 e. The maximum Gasteiger partial charge on any atom is 0.325 e. The first-order valence-electron chi connectivity index (χ1n) is 7.94. The lowest BCUT2D eigenvalue weighted by Gasteiger charge is -2.31. The number of imide groups is 1. The van der Waals surface area contributed by atoms with Gasteiger partial charge in [-0.1, -0.05) is 5.16 Å². The van der Waals surface area contributed by atoms with Crippen molar-refractivity contribution in [1.82, 2.24) is 15.4 Å². The number of nitrogens with zero attached hydrogens (tertiary/aromatic N) is 2. The van der Waals surface area contributed by atoms with E-state index in [0.29, 0.717) is 12.2 Å². The summed E-state index contributed by atoms with van der Waals surface area (Å²) in [5.74, 6) is -0.0722. The van der Waals surface area contributed by atoms with Gasteiger partial charge in [-0.2, -0.15) is 0 Å². The Balaban J connectivity index is 1.54. The molecule has 0 aromatic carbocycles. The van der Waals surface area contributed by atoms with E-state index in [4.69, 9.17) is 4.52 Å². The smallest absolute Gasteiger partial charge is 0.325 e. The summed E-state index contributed by atoms with van der Waals surface area (Å²) < 4.78 is 4.87. The van der Waals surface area contributed by atoms with Gasteiger partial charge in [-0.15, -0.1) is 11.3 Å². The van der Waals surface area contributed by atoms with Gasteiger partial charge in [0, 0.05) is 16.5 Å². The molecule has 4 rings (SSSR count). The van der Waals surface area contributed by atoms with Crippen molar-refractivity contribution in [2.24, 2.45) is 0 Å². The highest BCUT2D eigenvalue weighted by molar-refractivity contribution is 7.10. The van der Waals surface area contributed by atoms with Crippen molar-refractivity contribution in [1.29, 1.82) is 0 Å². The molecule has 1 fully saturated rings. The number of carbonyl (C=O) groups is 3. The summed E-state index contributed by atoms with van der Waals surface area (Å²) in [6, 6.07) is 2.90. The Kier molecular flexibility index (Phi) is 3.60. The number of aromatic nitrogens is 1. The second kappa shape index (κ2) is 5.69. The van der Waals surface area contributed by atoms with Crippen LogP contribution in [-0.4, -0.2) is 34.4 Å². The van der Waals surface area contributed by atoms with Crippen LogP contribution in [0, 0.1) is 6.92 Å². The molecule has 0 bridgehead atoms. The van der Waals surface area contributed by atoms with Crippen LogP contribution in [0.5, 0.6) is 0 Å². The Morgan fingerprint density at radius 3 is 3.12 bits per heavy atom. The number of thiophene rings is 1. The van der Waals surface area contributed by atoms with E-state index in [1.165, 1.54) is 0 Å². The number of aryl methyl sites for hydroxylation is 2. The van der Waals surface area contributed by atoms with Crippen molar-refractivity contribution < 1.29 is 18.9 Å². The first kappa shape index (κ1) is 15.8. The monoisotopic (exact) mass is 360 g/mol. The number of nitrogens with one attached hydrogen (secondary N) is 2. The fourth-order valence-electron chi connectivity index (χ4n) is 3.44. The molecule has 9 heteroatoms. The normalized spacial score (nSPS) is 22.2. The topological polar surface area (TPSA) is 105 Å². The van der Waals surface area contributed by atoms with Crippen LogP contribution in [0.15, 0.2) is 22.0 Å². The lowest BCUT2D eigenvalue weighted by atomic mass is 9.80. The predicted molar refractivity (Wildman–Crippen MR) is 89.0 cm³/mol. The molecule has 2 N–H and O–H groups in total. The summed E-state index contributed by atoms with van der Waals surface area (Å²) in [6.07, 6.45) is 2.27. The minimum atomic E-state index is -1.03. The van der Waals surface area contributed by atoms with Crippen LogP contribution in [-0.2, 0) is 21.5 Å². The quantitative estimate of drug-likeness (QED) is 0.812. The lowest BCUT2D eigenvalue weighted by molar-refractivity contribution is -0.134. The summed E-state index contributed by atoms with van der Waals surface area (Å²) in [5.41, 5.74) is -0.174. The molecule has 1 unspecified atom stereocenters. The van der Waals surface area contributed by atoms with Crippen LogP contribution in [0.25, 0.3) is 0 Å². The van der Waals surface area contributed by atoms with E-state index in [-0.39, 0.29) is 18.3 Å². The molecule has 0 radical (unpaired) electrons. The van der Waals surface area contributed by atoms with Crippen LogP contribution in [0.4, 0.5) is 10.6 Å². The van der Waals surface area contributed by atoms with Gasteiger partial charge in [0.25, 0.3) is 5.91 Å². The van der Waals surface area contributed by atoms with Crippen LogP contribution in [0.2, 0.25) is 0 Å². The average Bonchev–Trinajstić information content (AvgIpc) is 3.25. The van der Waals surface area contributed by atoms with E-state index in [9.17, 15) is 14.4 Å². The van der Waals surface area contributed by atoms with Gasteiger partial charge in [-0.3, -0.25) is 14.5 Å². The Morgan fingerprint density at radius 1 is 1.52 bits per heavy atom. The summed E-state index contributed by atoms with van der Waals surface area (Å²) >= 11 is 1.59. The van der Waals surface area contributed by atoms with E-state index in [1.807, 2.05) is 11.4 Å². The first-order chi connectivity index (χ1) is 12.0. The number of carbonyl (C=O) groups excluding carboxylic acids is 3. The summed E-state index contributed by atoms with van der Waals surface area (Å²) in [6.45, 7) is 1.34. The second-order valence-corrected chi connectivity index (χ2v) is 7.21. The molecule has 25 heavy (non-hydrogen) atoms. The van der Waals surface area contributed by atoms with Crippen molar-refractivity contribution in [3.8, 4) is 0 Å². The molecular weight excluding hydrogens is 344 g/mol. The third-order valence-corrected chi connectivity index (χ3v) is 5.51. The number of hydrogen-bond acceptors (Lipinski definition) is 6. The van der Waals surface area contributed by atoms with Crippen molar-refractivity contribution >= 4 is 35.0 Å².